The Morgan fingerprint density at radius 3 is 2.70 bits per heavy atom. The lowest BCUT2D eigenvalue weighted by molar-refractivity contribution is -0.141. The van der Waals surface area contributed by atoms with Crippen molar-refractivity contribution in [1.82, 2.24) is 24.7 Å². The molecule has 13 heteroatoms. The summed E-state index contributed by atoms with van der Waals surface area (Å²) in [5.41, 5.74) is 0.969. The monoisotopic (exact) mass is 484 g/mol. The van der Waals surface area contributed by atoms with Gasteiger partial charge in [-0.15, -0.1) is 0 Å². The second kappa shape index (κ2) is 9.25. The number of likely N-dealkylation sites (N-methyl/N-ethyl adjacent to an activating group) is 1. The molecule has 9 nitrogen and oxygen atoms in total. The van der Waals surface area contributed by atoms with E-state index in [0.29, 0.717) is 11.3 Å². The minimum absolute atomic E-state index is 0. The Kier molecular flexibility index (Phi) is 5.68. The van der Waals surface area contributed by atoms with Crippen LogP contribution in [0.4, 0.5) is 30.6 Å². The largest absolute Gasteiger partial charge is 0.433 e. The highest BCUT2D eigenvalue weighted by Crippen LogP contribution is 2.32. The molecule has 176 valence electrons. The van der Waals surface area contributed by atoms with E-state index >= 15 is 0 Å². The standard InChI is InChI=1S/C20H21F3N8O.H2S/c1-11-16-17(30(3)12(2)18(32)28-16)29-19(27-11)25-7-14-8-26-31(10-14)9-13-4-5-15(24-6-13)20(21,22)23;/h4-6,8,10,12H,7,9H2,1-3H3,(H,28,32)(H,25,27,29);1H2/t12-;/m0./s1/i3+1D3;. The predicted octanol–water partition coefficient (Wildman–Crippen LogP) is 2.95. The van der Waals surface area contributed by atoms with E-state index in [1.54, 1.807) is 24.0 Å². The fourth-order valence-electron chi connectivity index (χ4n) is 3.12. The second-order valence-corrected chi connectivity index (χ2v) is 7.32. The number of nitrogens with zero attached hydrogens (tertiary/aromatic N) is 6. The average Bonchev–Trinajstić information content (AvgIpc) is 3.20. The summed E-state index contributed by atoms with van der Waals surface area (Å²) in [6, 6.07) is 1.31. The molecule has 0 unspecified atom stereocenters. The van der Waals surface area contributed by atoms with Crippen molar-refractivity contribution in [3.63, 3.8) is 0 Å². The number of carbonyl (C=O) groups excluding carboxylic acids is 1. The summed E-state index contributed by atoms with van der Waals surface area (Å²) in [5.74, 6) is -0.201. The highest BCUT2D eigenvalue weighted by molar-refractivity contribution is 7.59. The second-order valence-electron chi connectivity index (χ2n) is 7.32. The maximum Gasteiger partial charge on any atom is 0.433 e. The van der Waals surface area contributed by atoms with Gasteiger partial charge in [0.2, 0.25) is 11.9 Å². The molecule has 4 rings (SSSR count). The molecule has 3 aromatic rings. The molecule has 3 aromatic heterocycles. The number of alkyl halides is 3. The SMILES string of the molecule is S.[2H][13C]([2H])([2H])N1c2nc(NCc3cnn(Cc4ccc(C(F)(F)F)nc4)c3)nc(C)c2NC(=O)[C@@H]1C. The van der Waals surface area contributed by atoms with Crippen molar-refractivity contribution in [2.75, 3.05) is 22.5 Å². The maximum atomic E-state index is 12.7. The fourth-order valence-corrected chi connectivity index (χ4v) is 3.12. The van der Waals surface area contributed by atoms with E-state index in [1.165, 1.54) is 13.0 Å². The molecular formula is C20H23F3N8OS. The van der Waals surface area contributed by atoms with E-state index in [2.05, 4.69) is 30.7 Å². The Morgan fingerprint density at radius 1 is 1.24 bits per heavy atom. The van der Waals surface area contributed by atoms with Crippen molar-refractivity contribution in [1.29, 1.82) is 0 Å². The van der Waals surface area contributed by atoms with Gasteiger partial charge in [0.15, 0.2) is 5.82 Å². The number of carbonyl (C=O) groups is 1. The average molecular weight is 485 g/mol. The number of rotatable bonds is 5. The Bertz CT molecular complexity index is 1250. The zero-order valence-corrected chi connectivity index (χ0v) is 18.6. The molecule has 0 radical (unpaired) electrons. The highest BCUT2D eigenvalue weighted by Gasteiger charge is 2.32. The highest BCUT2D eigenvalue weighted by atomic mass is 32.1. The van der Waals surface area contributed by atoms with Crippen molar-refractivity contribution in [2.24, 2.45) is 0 Å². The van der Waals surface area contributed by atoms with Crippen LogP contribution in [0.5, 0.6) is 0 Å². The van der Waals surface area contributed by atoms with Crippen LogP contribution in [-0.4, -0.2) is 43.7 Å². The van der Waals surface area contributed by atoms with Gasteiger partial charge in [-0.05, 0) is 25.5 Å². The molecule has 1 amide bonds. The van der Waals surface area contributed by atoms with Crippen molar-refractivity contribution < 1.29 is 22.1 Å². The van der Waals surface area contributed by atoms with Gasteiger partial charge >= 0.3 is 6.18 Å². The first-order valence-electron chi connectivity index (χ1n) is 11.1. The zero-order chi connectivity index (χ0) is 25.5. The number of fused-ring (bicyclic) bond motifs is 1. The Labute approximate surface area is 199 Å². The van der Waals surface area contributed by atoms with Crippen LogP contribution in [0.25, 0.3) is 0 Å². The van der Waals surface area contributed by atoms with Gasteiger partial charge in [0.25, 0.3) is 0 Å². The molecule has 1 atom stereocenters. The zero-order valence-electron chi connectivity index (χ0n) is 20.6. The molecule has 0 bridgehead atoms. The lowest BCUT2D eigenvalue weighted by Crippen LogP contribution is -2.44. The van der Waals surface area contributed by atoms with E-state index in [4.69, 9.17) is 4.11 Å². The predicted molar refractivity (Wildman–Crippen MR) is 122 cm³/mol. The molecule has 0 saturated heterocycles. The number of halogens is 3. The van der Waals surface area contributed by atoms with Crippen LogP contribution >= 0.6 is 13.5 Å². The van der Waals surface area contributed by atoms with E-state index in [0.717, 1.165) is 22.7 Å². The molecule has 1 aliphatic rings. The third-order valence-electron chi connectivity index (χ3n) is 4.91. The molecular weight excluding hydrogens is 458 g/mol. The summed E-state index contributed by atoms with van der Waals surface area (Å²) >= 11 is 0. The van der Waals surface area contributed by atoms with Crippen molar-refractivity contribution in [3.05, 3.63) is 53.2 Å². The summed E-state index contributed by atoms with van der Waals surface area (Å²) in [6.07, 6.45) is -0.0628. The van der Waals surface area contributed by atoms with Gasteiger partial charge in [0.1, 0.15) is 17.4 Å². The van der Waals surface area contributed by atoms with E-state index in [-0.39, 0.29) is 44.0 Å². The molecule has 2 N–H and O–H groups in total. The van der Waals surface area contributed by atoms with Gasteiger partial charge in [-0.2, -0.15) is 36.7 Å². The van der Waals surface area contributed by atoms with Crippen molar-refractivity contribution >= 4 is 36.9 Å². The first kappa shape index (κ1) is 20.3. The van der Waals surface area contributed by atoms with Crippen LogP contribution in [0.1, 0.15) is 33.6 Å². The quantitative estimate of drug-likeness (QED) is 0.537. The number of anilines is 3. The summed E-state index contributed by atoms with van der Waals surface area (Å²) < 4.78 is 63.0. The molecule has 1 aliphatic heterocycles. The number of pyridine rings is 1. The summed E-state index contributed by atoms with van der Waals surface area (Å²) in [6.45, 7) is 1.01. The normalized spacial score (nSPS) is 17.2. The topological polar surface area (TPSA) is 101 Å². The number of aryl methyl sites for hydroxylation is 1. The molecule has 0 spiro atoms. The number of hydrogen-bond donors (Lipinski definition) is 2. The minimum atomic E-state index is -4.50. The molecule has 0 fully saturated rings. The van der Waals surface area contributed by atoms with E-state index in [1.807, 2.05) is 0 Å². The number of hydrogen-bond acceptors (Lipinski definition) is 7. The van der Waals surface area contributed by atoms with Crippen LogP contribution in [0.2, 0.25) is 0 Å². The Morgan fingerprint density at radius 2 is 2.03 bits per heavy atom. The lowest BCUT2D eigenvalue weighted by atomic mass is 10.2. The van der Waals surface area contributed by atoms with Gasteiger partial charge in [0.05, 0.1) is 18.4 Å². The molecule has 0 aliphatic carbocycles. The summed E-state index contributed by atoms with van der Waals surface area (Å²) in [4.78, 5) is 25.3. The Hall–Kier alpha value is -3.35. The summed E-state index contributed by atoms with van der Waals surface area (Å²) in [7, 11) is 0. The minimum Gasteiger partial charge on any atom is -0.350 e. The molecule has 0 aromatic carbocycles. The number of aromatic nitrogens is 5. The third-order valence-corrected chi connectivity index (χ3v) is 4.91. The molecule has 4 heterocycles. The van der Waals surface area contributed by atoms with Crippen molar-refractivity contribution in [2.45, 2.75) is 39.2 Å². The van der Waals surface area contributed by atoms with Gasteiger partial charge in [-0.1, -0.05) is 6.07 Å². The Balaban J connectivity index is 0.00000361. The van der Waals surface area contributed by atoms with Crippen molar-refractivity contribution in [3.8, 4) is 0 Å². The lowest BCUT2D eigenvalue weighted by Gasteiger charge is -2.32. The smallest absolute Gasteiger partial charge is 0.350 e. The van der Waals surface area contributed by atoms with Crippen LogP contribution < -0.4 is 15.5 Å². The summed E-state index contributed by atoms with van der Waals surface area (Å²) in [5, 5.41) is 9.87. The van der Waals surface area contributed by atoms with Gasteiger partial charge in [-0.25, -0.2) is 4.98 Å². The first-order chi connectivity index (χ1) is 16.3. The first-order valence-corrected chi connectivity index (χ1v) is 9.59. The fraction of sp³-hybridized carbons (Fsp3) is 0.350. The molecule has 0 saturated carbocycles. The number of amides is 1. The van der Waals surface area contributed by atoms with Gasteiger partial charge in [0, 0.05) is 35.6 Å². The maximum absolute atomic E-state index is 12.7. The molecule has 33 heavy (non-hydrogen) atoms. The number of nitrogens with one attached hydrogen (secondary N) is 2. The van der Waals surface area contributed by atoms with Crippen LogP contribution in [0.3, 0.4) is 0 Å². The van der Waals surface area contributed by atoms with E-state index in [9.17, 15) is 18.0 Å². The van der Waals surface area contributed by atoms with Gasteiger partial charge in [-0.3, -0.25) is 14.5 Å². The third kappa shape index (κ3) is 5.18. The van der Waals surface area contributed by atoms with Crippen LogP contribution in [0.15, 0.2) is 30.7 Å². The van der Waals surface area contributed by atoms with Gasteiger partial charge < -0.3 is 15.5 Å². The van der Waals surface area contributed by atoms with Crippen LogP contribution in [0, 0.1) is 6.92 Å². The van der Waals surface area contributed by atoms with E-state index < -0.39 is 30.8 Å². The van der Waals surface area contributed by atoms with Crippen LogP contribution in [-0.2, 0) is 24.1 Å².